The molecule has 110 valence electrons. The number of rotatable bonds is 5. The number of hydrogen-bond acceptors (Lipinski definition) is 4. The first kappa shape index (κ1) is 14.9. The number of hydrogen-bond donors (Lipinski definition) is 2. The van der Waals surface area contributed by atoms with Crippen molar-refractivity contribution >= 4 is 5.91 Å². The van der Waals surface area contributed by atoms with Gasteiger partial charge in [-0.15, -0.1) is 0 Å². The zero-order chi connectivity index (χ0) is 15.4. The first-order valence-corrected chi connectivity index (χ1v) is 6.45. The Kier molecular flexibility index (Phi) is 4.45. The monoisotopic (exact) mass is 287 g/mol. The molecule has 2 aromatic carbocycles. The smallest absolute Gasteiger partial charge is 0.248 e. The van der Waals surface area contributed by atoms with Gasteiger partial charge in [0, 0.05) is 5.56 Å². The summed E-state index contributed by atoms with van der Waals surface area (Å²) in [5.41, 5.74) is 6.16. The van der Waals surface area contributed by atoms with Crippen molar-refractivity contribution in [1.82, 2.24) is 0 Å². The van der Waals surface area contributed by atoms with E-state index in [-0.39, 0.29) is 0 Å². The van der Waals surface area contributed by atoms with E-state index in [0.29, 0.717) is 28.4 Å². The maximum atomic E-state index is 11.0. The number of primary amides is 1. The third-order valence-electron chi connectivity index (χ3n) is 3.03. The van der Waals surface area contributed by atoms with Crippen molar-refractivity contribution in [3.63, 3.8) is 0 Å². The van der Waals surface area contributed by atoms with Gasteiger partial charge in [-0.3, -0.25) is 4.79 Å². The third-order valence-corrected chi connectivity index (χ3v) is 3.03. The maximum Gasteiger partial charge on any atom is 0.248 e. The molecule has 0 fully saturated rings. The van der Waals surface area contributed by atoms with Crippen molar-refractivity contribution in [2.24, 2.45) is 5.73 Å². The van der Waals surface area contributed by atoms with Gasteiger partial charge in [-0.25, -0.2) is 0 Å². The summed E-state index contributed by atoms with van der Waals surface area (Å²) in [7, 11) is 1.53. The molecule has 0 aliphatic carbocycles. The Morgan fingerprint density at radius 1 is 1.14 bits per heavy atom. The average molecular weight is 287 g/mol. The molecule has 0 saturated heterocycles. The number of aliphatic hydroxyl groups is 1. The number of ether oxygens (including phenoxy) is 2. The molecule has 0 bridgehead atoms. The van der Waals surface area contributed by atoms with Crippen molar-refractivity contribution in [3.05, 3.63) is 53.6 Å². The first-order valence-electron chi connectivity index (χ1n) is 6.45. The molecule has 2 rings (SSSR count). The van der Waals surface area contributed by atoms with Gasteiger partial charge >= 0.3 is 0 Å². The quantitative estimate of drug-likeness (QED) is 0.885. The van der Waals surface area contributed by atoms with Crippen molar-refractivity contribution in [1.29, 1.82) is 0 Å². The van der Waals surface area contributed by atoms with E-state index in [0.717, 1.165) is 0 Å². The number of amides is 1. The van der Waals surface area contributed by atoms with E-state index in [1.807, 2.05) is 0 Å². The Balaban J connectivity index is 2.33. The van der Waals surface area contributed by atoms with Gasteiger partial charge in [-0.05, 0) is 43.3 Å². The van der Waals surface area contributed by atoms with Crippen LogP contribution in [0.2, 0.25) is 0 Å². The van der Waals surface area contributed by atoms with Gasteiger partial charge in [0.1, 0.15) is 17.2 Å². The summed E-state index contributed by atoms with van der Waals surface area (Å²) in [6, 6.07) is 11.7. The van der Waals surface area contributed by atoms with Crippen molar-refractivity contribution in [3.8, 4) is 17.2 Å². The van der Waals surface area contributed by atoms with E-state index in [1.165, 1.54) is 7.11 Å². The van der Waals surface area contributed by atoms with Crippen LogP contribution in [0.1, 0.15) is 28.9 Å². The predicted octanol–water partition coefficient (Wildman–Crippen LogP) is 2.64. The minimum Gasteiger partial charge on any atom is -0.496 e. The van der Waals surface area contributed by atoms with Gasteiger partial charge in [0.2, 0.25) is 5.91 Å². The second kappa shape index (κ2) is 6.28. The molecule has 3 N–H and O–H groups in total. The minimum absolute atomic E-state index is 0.406. The van der Waals surface area contributed by atoms with Gasteiger partial charge in [0.15, 0.2) is 0 Å². The molecular weight excluding hydrogens is 270 g/mol. The Hall–Kier alpha value is -2.53. The van der Waals surface area contributed by atoms with Crippen LogP contribution in [-0.4, -0.2) is 18.1 Å². The molecular formula is C16H17NO4. The molecule has 0 aromatic heterocycles. The number of nitrogens with two attached hydrogens (primary N) is 1. The molecule has 0 spiro atoms. The van der Waals surface area contributed by atoms with Crippen LogP contribution >= 0.6 is 0 Å². The summed E-state index contributed by atoms with van der Waals surface area (Å²) in [5, 5.41) is 9.89. The van der Waals surface area contributed by atoms with E-state index in [4.69, 9.17) is 15.2 Å². The van der Waals surface area contributed by atoms with E-state index < -0.39 is 12.0 Å². The van der Waals surface area contributed by atoms with Crippen LogP contribution in [0.4, 0.5) is 0 Å². The summed E-state index contributed by atoms with van der Waals surface area (Å²) < 4.78 is 11.0. The van der Waals surface area contributed by atoms with Crippen LogP contribution in [0.3, 0.4) is 0 Å². The Labute approximate surface area is 122 Å². The lowest BCUT2D eigenvalue weighted by molar-refractivity contribution is 0.100. The van der Waals surface area contributed by atoms with Gasteiger partial charge in [-0.1, -0.05) is 6.07 Å². The molecule has 1 atom stereocenters. The van der Waals surface area contributed by atoms with Gasteiger partial charge in [-0.2, -0.15) is 0 Å². The highest BCUT2D eigenvalue weighted by atomic mass is 16.5. The fourth-order valence-electron chi connectivity index (χ4n) is 2.02. The fourth-order valence-corrected chi connectivity index (χ4v) is 2.02. The summed E-state index contributed by atoms with van der Waals surface area (Å²) >= 11 is 0. The second-order valence-corrected chi connectivity index (χ2v) is 4.54. The molecule has 0 aliphatic rings. The van der Waals surface area contributed by atoms with Crippen LogP contribution in [0, 0.1) is 0 Å². The lowest BCUT2D eigenvalue weighted by atomic mass is 10.1. The van der Waals surface area contributed by atoms with Crippen molar-refractivity contribution < 1.29 is 19.4 Å². The van der Waals surface area contributed by atoms with Crippen LogP contribution in [0.5, 0.6) is 17.2 Å². The number of carbonyl (C=O) groups is 1. The van der Waals surface area contributed by atoms with Crippen molar-refractivity contribution in [2.75, 3.05) is 7.11 Å². The highest BCUT2D eigenvalue weighted by Gasteiger charge is 2.16. The van der Waals surface area contributed by atoms with Gasteiger partial charge < -0.3 is 20.3 Å². The molecule has 2 aromatic rings. The van der Waals surface area contributed by atoms with Crippen LogP contribution < -0.4 is 15.2 Å². The van der Waals surface area contributed by atoms with Crippen LogP contribution in [0.15, 0.2) is 42.5 Å². The lowest BCUT2D eigenvalue weighted by Gasteiger charge is -2.16. The molecule has 21 heavy (non-hydrogen) atoms. The van der Waals surface area contributed by atoms with E-state index in [9.17, 15) is 9.90 Å². The van der Waals surface area contributed by atoms with E-state index in [2.05, 4.69) is 0 Å². The second-order valence-electron chi connectivity index (χ2n) is 4.54. The zero-order valence-electron chi connectivity index (χ0n) is 11.9. The van der Waals surface area contributed by atoms with Gasteiger partial charge in [0.25, 0.3) is 0 Å². The van der Waals surface area contributed by atoms with Gasteiger partial charge in [0.05, 0.1) is 18.8 Å². The maximum absolute atomic E-state index is 11.0. The molecule has 0 saturated carbocycles. The van der Waals surface area contributed by atoms with E-state index in [1.54, 1.807) is 49.4 Å². The molecule has 0 heterocycles. The highest BCUT2D eigenvalue weighted by molar-refractivity contribution is 5.92. The third kappa shape index (κ3) is 3.32. The normalized spacial score (nSPS) is 11.8. The van der Waals surface area contributed by atoms with Crippen molar-refractivity contribution in [2.45, 2.75) is 13.0 Å². The molecule has 5 heteroatoms. The number of carbonyl (C=O) groups excluding carboxylic acids is 1. The number of benzene rings is 2. The summed E-state index contributed by atoms with van der Waals surface area (Å²) in [6.07, 6.45) is -0.735. The molecule has 5 nitrogen and oxygen atoms in total. The summed E-state index contributed by atoms with van der Waals surface area (Å²) in [5.74, 6) is 1.09. The Morgan fingerprint density at radius 2 is 1.76 bits per heavy atom. The predicted molar refractivity (Wildman–Crippen MR) is 78.7 cm³/mol. The lowest BCUT2D eigenvalue weighted by Crippen LogP contribution is -2.10. The Bertz CT molecular complexity index is 635. The van der Waals surface area contributed by atoms with Crippen LogP contribution in [-0.2, 0) is 0 Å². The van der Waals surface area contributed by atoms with Crippen LogP contribution in [0.25, 0.3) is 0 Å². The minimum atomic E-state index is -0.735. The van der Waals surface area contributed by atoms with E-state index >= 15 is 0 Å². The fraction of sp³-hybridized carbons (Fsp3) is 0.188. The number of aliphatic hydroxyl groups excluding tert-OH is 1. The highest BCUT2D eigenvalue weighted by Crippen LogP contribution is 2.36. The molecule has 1 amide bonds. The topological polar surface area (TPSA) is 81.8 Å². The standard InChI is InChI=1S/C16H17NO4/c1-10(18)15-13(20-2)4-3-5-14(15)21-12-8-6-11(7-9-12)16(17)19/h3-10,18H,1-2H3,(H2,17,19)/t10-/m0/s1. The summed E-state index contributed by atoms with van der Waals surface area (Å²) in [6.45, 7) is 1.64. The Morgan fingerprint density at radius 3 is 2.29 bits per heavy atom. The summed E-state index contributed by atoms with van der Waals surface area (Å²) in [4.78, 5) is 11.0. The SMILES string of the molecule is COc1cccc(Oc2ccc(C(N)=O)cc2)c1[C@H](C)O. The largest absolute Gasteiger partial charge is 0.496 e. The first-order chi connectivity index (χ1) is 10.0. The molecule has 0 unspecified atom stereocenters. The molecule has 0 aliphatic heterocycles. The number of methoxy groups -OCH3 is 1. The average Bonchev–Trinajstić information content (AvgIpc) is 2.47. The zero-order valence-corrected chi connectivity index (χ0v) is 11.9. The molecule has 0 radical (unpaired) electrons.